The van der Waals surface area contributed by atoms with E-state index in [-0.39, 0.29) is 0 Å². The first kappa shape index (κ1) is 34.7. The van der Waals surface area contributed by atoms with Crippen LogP contribution in [-0.2, 0) is 9.59 Å². The van der Waals surface area contributed by atoms with Gasteiger partial charge in [-0.25, -0.2) is 9.59 Å². The van der Waals surface area contributed by atoms with Crippen LogP contribution < -0.4 is 0 Å². The SMILES string of the molecule is CC(Cl)(Cl)C(=O)O.CC(Cl)(Cl)C(=O)O.CN1CSC(=S)N(C)C1.CN1CSC(=S)N(C)C1. The molecule has 8 nitrogen and oxygen atoms in total. The minimum atomic E-state index is -1.64. The van der Waals surface area contributed by atoms with Gasteiger partial charge in [-0.1, -0.05) is 94.4 Å². The number of hydrogen-bond acceptors (Lipinski definition) is 8. The summed E-state index contributed by atoms with van der Waals surface area (Å²) in [6, 6.07) is 0. The fourth-order valence-electron chi connectivity index (χ4n) is 1.47. The number of nitrogens with zero attached hydrogens (tertiary/aromatic N) is 4. The van der Waals surface area contributed by atoms with E-state index in [0.717, 1.165) is 33.7 Å². The largest absolute Gasteiger partial charge is 0.479 e. The minimum absolute atomic E-state index is 0.964. The predicted molar refractivity (Wildman–Crippen MR) is 146 cm³/mol. The highest BCUT2D eigenvalue weighted by molar-refractivity contribution is 8.23. The van der Waals surface area contributed by atoms with Crippen LogP contribution in [-0.4, -0.2) is 112 Å². The van der Waals surface area contributed by atoms with Crippen LogP contribution >= 0.6 is 94.4 Å². The number of carboxylic acid groups (broad SMARTS) is 2. The summed E-state index contributed by atoms with van der Waals surface area (Å²) in [4.78, 5) is 28.1. The quantitative estimate of drug-likeness (QED) is 0.349. The molecule has 0 radical (unpaired) electrons. The van der Waals surface area contributed by atoms with E-state index in [1.165, 1.54) is 13.8 Å². The van der Waals surface area contributed by atoms with E-state index in [2.05, 4.69) is 33.7 Å². The number of hydrogen-bond donors (Lipinski definition) is 2. The molecule has 0 aromatic heterocycles. The van der Waals surface area contributed by atoms with Crippen molar-refractivity contribution in [3.63, 3.8) is 0 Å². The second-order valence-corrected chi connectivity index (χ2v) is 13.4. The summed E-state index contributed by atoms with van der Waals surface area (Å²) in [5.74, 6) is -0.390. The molecule has 0 amide bonds. The van der Waals surface area contributed by atoms with Crippen molar-refractivity contribution in [1.29, 1.82) is 0 Å². The van der Waals surface area contributed by atoms with Gasteiger partial charge >= 0.3 is 11.9 Å². The zero-order chi connectivity index (χ0) is 25.9. The van der Waals surface area contributed by atoms with Crippen LogP contribution in [0.15, 0.2) is 0 Å². The Bertz CT molecular complexity index is 597. The van der Waals surface area contributed by atoms with Crippen LogP contribution in [0.2, 0.25) is 0 Å². The molecule has 0 aromatic carbocycles. The Morgan fingerprint density at radius 3 is 1.12 bits per heavy atom. The summed E-state index contributed by atoms with van der Waals surface area (Å²) in [6.45, 7) is 4.31. The van der Waals surface area contributed by atoms with Gasteiger partial charge in [-0.05, 0) is 27.9 Å². The first-order valence-electron chi connectivity index (χ1n) is 8.64. The van der Waals surface area contributed by atoms with Gasteiger partial charge in [-0.15, -0.1) is 0 Å². The average molecular weight is 611 g/mol. The van der Waals surface area contributed by atoms with E-state index in [1.807, 2.05) is 14.1 Å². The minimum Gasteiger partial charge on any atom is -0.479 e. The Morgan fingerprint density at radius 2 is 1.00 bits per heavy atom. The number of carbonyl (C=O) groups is 2. The monoisotopic (exact) mass is 608 g/mol. The summed E-state index contributed by atoms with van der Waals surface area (Å²) in [5, 5.41) is 16.0. The lowest BCUT2D eigenvalue weighted by Crippen LogP contribution is -2.40. The lowest BCUT2D eigenvalue weighted by molar-refractivity contribution is -0.138. The van der Waals surface area contributed by atoms with Crippen LogP contribution in [0.5, 0.6) is 0 Å². The standard InChI is InChI=1S/2C5H10N2S2.2C3H4Cl2O2/c2*1-6-3-7(2)5(8)9-4-6;2*1-3(4,5)2(6)7/h2*3-4H2,1-2H3;2*1H3,(H,6,7). The first-order chi connectivity index (χ1) is 14.3. The molecule has 2 aliphatic rings. The highest BCUT2D eigenvalue weighted by atomic mass is 35.5. The molecule has 0 aliphatic carbocycles. The van der Waals surface area contributed by atoms with Crippen LogP contribution in [0.4, 0.5) is 0 Å². The molecule has 16 heteroatoms. The maximum atomic E-state index is 9.76. The summed E-state index contributed by atoms with van der Waals surface area (Å²) >= 11 is 33.7. The highest BCUT2D eigenvalue weighted by Crippen LogP contribution is 2.19. The predicted octanol–water partition coefficient (Wildman–Crippen LogP) is 4.12. The van der Waals surface area contributed by atoms with Crippen molar-refractivity contribution in [2.45, 2.75) is 22.5 Å². The van der Waals surface area contributed by atoms with Gasteiger partial charge in [0.2, 0.25) is 8.67 Å². The van der Waals surface area contributed by atoms with Gasteiger partial charge in [0.15, 0.2) is 0 Å². The van der Waals surface area contributed by atoms with Crippen molar-refractivity contribution < 1.29 is 19.8 Å². The van der Waals surface area contributed by atoms with Crippen LogP contribution in [0, 0.1) is 0 Å². The average Bonchev–Trinajstić information content (AvgIpc) is 2.62. The normalized spacial score (nSPS) is 17.8. The van der Waals surface area contributed by atoms with Gasteiger partial charge in [-0.2, -0.15) is 0 Å². The van der Waals surface area contributed by atoms with Crippen molar-refractivity contribution >= 4 is 115 Å². The molecule has 0 bridgehead atoms. The Morgan fingerprint density at radius 1 is 0.781 bits per heavy atom. The summed E-state index contributed by atoms with van der Waals surface area (Å²) in [6.07, 6.45) is 0. The number of thioether (sulfide) groups is 2. The molecule has 0 spiro atoms. The summed E-state index contributed by atoms with van der Waals surface area (Å²) in [5.41, 5.74) is 0. The first-order valence-corrected chi connectivity index (χ1v) is 12.9. The van der Waals surface area contributed by atoms with E-state index < -0.39 is 20.6 Å². The van der Waals surface area contributed by atoms with Gasteiger partial charge in [0.1, 0.15) is 8.64 Å². The lowest BCUT2D eigenvalue weighted by Gasteiger charge is -2.31. The molecule has 2 saturated heterocycles. The highest BCUT2D eigenvalue weighted by Gasteiger charge is 2.26. The Labute approximate surface area is 228 Å². The van der Waals surface area contributed by atoms with Crippen molar-refractivity contribution in [3.05, 3.63) is 0 Å². The molecule has 2 heterocycles. The molecule has 2 rings (SSSR count). The number of rotatable bonds is 2. The molecule has 0 unspecified atom stereocenters. The van der Waals surface area contributed by atoms with Crippen molar-refractivity contribution in [3.8, 4) is 0 Å². The van der Waals surface area contributed by atoms with Gasteiger partial charge in [0.25, 0.3) is 0 Å². The maximum Gasteiger partial charge on any atom is 0.339 e. The van der Waals surface area contributed by atoms with Crippen molar-refractivity contribution in [2.24, 2.45) is 0 Å². The van der Waals surface area contributed by atoms with Gasteiger partial charge in [-0.3, -0.25) is 9.80 Å². The van der Waals surface area contributed by atoms with E-state index in [1.54, 1.807) is 23.5 Å². The fraction of sp³-hybridized carbons (Fsp3) is 0.750. The Balaban J connectivity index is 0. The van der Waals surface area contributed by atoms with Crippen LogP contribution in [0.1, 0.15) is 13.8 Å². The lowest BCUT2D eigenvalue weighted by atomic mass is 10.5. The molecule has 2 N–H and O–H groups in total. The Hall–Kier alpha value is 0.500. The zero-order valence-electron chi connectivity index (χ0n) is 18.5. The molecular formula is C16H28Cl4N4O4S4. The second kappa shape index (κ2) is 16.2. The fourth-order valence-corrected chi connectivity index (χ4v) is 3.29. The number of thiocarbonyl (C=S) groups is 2. The zero-order valence-corrected chi connectivity index (χ0v) is 24.8. The molecule has 32 heavy (non-hydrogen) atoms. The van der Waals surface area contributed by atoms with Crippen molar-refractivity contribution in [2.75, 3.05) is 53.3 Å². The maximum absolute atomic E-state index is 9.76. The van der Waals surface area contributed by atoms with Gasteiger partial charge < -0.3 is 20.0 Å². The van der Waals surface area contributed by atoms with E-state index in [4.69, 9.17) is 81.1 Å². The summed E-state index contributed by atoms with van der Waals surface area (Å²) in [7, 11) is 8.21. The molecule has 188 valence electrons. The number of halogens is 4. The van der Waals surface area contributed by atoms with E-state index in [0.29, 0.717) is 0 Å². The van der Waals surface area contributed by atoms with Gasteiger partial charge in [0.05, 0.1) is 25.1 Å². The third kappa shape index (κ3) is 17.9. The Kier molecular flexibility index (Phi) is 17.6. The molecular weight excluding hydrogens is 582 g/mol. The van der Waals surface area contributed by atoms with Crippen LogP contribution in [0.25, 0.3) is 0 Å². The molecule has 0 saturated carbocycles. The smallest absolute Gasteiger partial charge is 0.339 e. The van der Waals surface area contributed by atoms with Crippen molar-refractivity contribution in [1.82, 2.24) is 19.6 Å². The molecule has 2 fully saturated rings. The third-order valence-corrected chi connectivity index (χ3v) is 7.33. The third-order valence-electron chi connectivity index (χ3n) is 3.10. The molecule has 2 aliphatic heterocycles. The number of carboxylic acids is 2. The molecule has 0 atom stereocenters. The topological polar surface area (TPSA) is 87.6 Å². The number of alkyl halides is 4. The molecule has 0 aromatic rings. The summed E-state index contributed by atoms with van der Waals surface area (Å²) < 4.78 is -1.26. The van der Waals surface area contributed by atoms with Gasteiger partial charge in [0, 0.05) is 14.1 Å². The van der Waals surface area contributed by atoms with Crippen LogP contribution in [0.3, 0.4) is 0 Å². The second-order valence-electron chi connectivity index (χ2n) is 6.86. The number of aliphatic carboxylic acids is 2. The van der Waals surface area contributed by atoms with E-state index >= 15 is 0 Å². The van der Waals surface area contributed by atoms with E-state index in [9.17, 15) is 9.59 Å².